The molecule has 1 aliphatic rings. The van der Waals surface area contributed by atoms with Crippen LogP contribution in [0.4, 0.5) is 4.79 Å². The third-order valence-corrected chi connectivity index (χ3v) is 5.47. The quantitative estimate of drug-likeness (QED) is 0.897. The highest BCUT2D eigenvalue weighted by atomic mass is 32.2. The van der Waals surface area contributed by atoms with Crippen LogP contribution < -0.4 is 5.32 Å². The van der Waals surface area contributed by atoms with E-state index in [4.69, 9.17) is 8.83 Å². The predicted octanol–water partition coefficient (Wildman–Crippen LogP) is 1.77. The molecule has 2 aromatic rings. The van der Waals surface area contributed by atoms with Gasteiger partial charge in [0.15, 0.2) is 9.84 Å². The molecule has 1 aliphatic heterocycles. The highest BCUT2D eigenvalue weighted by Gasteiger charge is 2.30. The van der Waals surface area contributed by atoms with Crippen molar-refractivity contribution in [3.05, 3.63) is 48.3 Å². The number of carbonyl (C=O) groups excluding carboxylic acids is 1. The lowest BCUT2D eigenvalue weighted by Crippen LogP contribution is -2.44. The molecule has 0 spiro atoms. The summed E-state index contributed by atoms with van der Waals surface area (Å²) in [5.74, 6) is 1.40. The maximum absolute atomic E-state index is 12.5. The predicted molar refractivity (Wildman–Crippen MR) is 82.3 cm³/mol. The number of rotatable bonds is 5. The van der Waals surface area contributed by atoms with E-state index in [9.17, 15) is 13.2 Å². The molecule has 124 valence electrons. The minimum absolute atomic E-state index is 0.00587. The van der Waals surface area contributed by atoms with Gasteiger partial charge in [-0.2, -0.15) is 0 Å². The molecule has 0 aliphatic carbocycles. The lowest BCUT2D eigenvalue weighted by Gasteiger charge is -2.23. The molecule has 1 fully saturated rings. The third kappa shape index (κ3) is 4.16. The van der Waals surface area contributed by atoms with Gasteiger partial charge in [-0.1, -0.05) is 0 Å². The van der Waals surface area contributed by atoms with Gasteiger partial charge in [0.25, 0.3) is 0 Å². The molecule has 0 aromatic carbocycles. The van der Waals surface area contributed by atoms with Crippen LogP contribution in [0, 0.1) is 0 Å². The first-order valence-corrected chi connectivity index (χ1v) is 9.14. The molecule has 2 amide bonds. The Bertz CT molecular complexity index is 701. The maximum atomic E-state index is 12.5. The van der Waals surface area contributed by atoms with E-state index in [1.165, 1.54) is 4.90 Å². The number of sulfone groups is 1. The molecule has 3 heterocycles. The van der Waals surface area contributed by atoms with Gasteiger partial charge in [0.1, 0.15) is 11.5 Å². The van der Waals surface area contributed by atoms with Gasteiger partial charge < -0.3 is 19.1 Å². The van der Waals surface area contributed by atoms with Crippen molar-refractivity contribution < 1.29 is 22.0 Å². The van der Waals surface area contributed by atoms with Gasteiger partial charge in [-0.25, -0.2) is 13.2 Å². The Kier molecular flexibility index (Phi) is 4.42. The van der Waals surface area contributed by atoms with Crippen LogP contribution in [0.1, 0.15) is 17.9 Å². The number of nitrogens with one attached hydrogen (secondary N) is 1. The van der Waals surface area contributed by atoms with Crippen LogP contribution in [0.25, 0.3) is 0 Å². The van der Waals surface area contributed by atoms with Gasteiger partial charge in [-0.3, -0.25) is 0 Å². The Labute approximate surface area is 134 Å². The lowest BCUT2D eigenvalue weighted by molar-refractivity contribution is 0.179. The van der Waals surface area contributed by atoms with E-state index < -0.39 is 9.84 Å². The summed E-state index contributed by atoms with van der Waals surface area (Å²) >= 11 is 0. The van der Waals surface area contributed by atoms with Crippen molar-refractivity contribution in [3.63, 3.8) is 0 Å². The van der Waals surface area contributed by atoms with Gasteiger partial charge in [-0.05, 0) is 30.7 Å². The van der Waals surface area contributed by atoms with Crippen molar-refractivity contribution in [3.8, 4) is 0 Å². The summed E-state index contributed by atoms with van der Waals surface area (Å²) in [7, 11) is -3.04. The Hall–Kier alpha value is -2.22. The number of urea groups is 1. The fourth-order valence-electron chi connectivity index (χ4n) is 2.56. The first-order chi connectivity index (χ1) is 11.0. The molecule has 7 nitrogen and oxygen atoms in total. The van der Waals surface area contributed by atoms with E-state index in [-0.39, 0.29) is 36.7 Å². The Balaban J connectivity index is 1.67. The SMILES string of the molecule is O=C(N[C@@H]1CCS(=O)(=O)C1)N(Cc1ccco1)Cc1ccco1. The molecular formula is C15H18N2O5S. The molecule has 2 aromatic heterocycles. The number of carbonyl (C=O) groups is 1. The molecule has 0 bridgehead atoms. The van der Waals surface area contributed by atoms with Crippen molar-refractivity contribution in [1.29, 1.82) is 0 Å². The summed E-state index contributed by atoms with van der Waals surface area (Å²) < 4.78 is 33.6. The highest BCUT2D eigenvalue weighted by molar-refractivity contribution is 7.91. The van der Waals surface area contributed by atoms with Gasteiger partial charge in [0.2, 0.25) is 0 Å². The van der Waals surface area contributed by atoms with Gasteiger partial charge in [0, 0.05) is 6.04 Å². The second-order valence-electron chi connectivity index (χ2n) is 5.56. The average molecular weight is 338 g/mol. The van der Waals surface area contributed by atoms with Crippen LogP contribution in [0.3, 0.4) is 0 Å². The molecule has 1 N–H and O–H groups in total. The van der Waals surface area contributed by atoms with Gasteiger partial charge in [-0.15, -0.1) is 0 Å². The van der Waals surface area contributed by atoms with Crippen LogP contribution in [-0.4, -0.2) is 36.9 Å². The van der Waals surface area contributed by atoms with E-state index in [1.54, 1.807) is 36.8 Å². The number of hydrogen-bond acceptors (Lipinski definition) is 5. The average Bonchev–Trinajstić information content (AvgIpc) is 3.21. The molecule has 0 unspecified atom stereocenters. The van der Waals surface area contributed by atoms with Crippen molar-refractivity contribution in [2.75, 3.05) is 11.5 Å². The van der Waals surface area contributed by atoms with E-state index >= 15 is 0 Å². The molecule has 8 heteroatoms. The van der Waals surface area contributed by atoms with Crippen LogP contribution in [0.15, 0.2) is 45.6 Å². The lowest BCUT2D eigenvalue weighted by atomic mass is 10.2. The number of hydrogen-bond donors (Lipinski definition) is 1. The van der Waals surface area contributed by atoms with Crippen molar-refractivity contribution in [1.82, 2.24) is 10.2 Å². The zero-order chi connectivity index (χ0) is 16.3. The Morgan fingerprint density at radius 2 is 1.78 bits per heavy atom. The number of nitrogens with zero attached hydrogens (tertiary/aromatic N) is 1. The fourth-order valence-corrected chi connectivity index (χ4v) is 4.23. The summed E-state index contributed by atoms with van der Waals surface area (Å²) in [6, 6.07) is 6.39. The molecule has 0 saturated carbocycles. The molecule has 3 rings (SSSR count). The molecule has 1 atom stereocenters. The largest absolute Gasteiger partial charge is 0.467 e. The molecule has 23 heavy (non-hydrogen) atoms. The van der Waals surface area contributed by atoms with Gasteiger partial charge in [0.05, 0.1) is 37.1 Å². The standard InChI is InChI=1S/C15H18N2O5S/c18-15(16-12-5-8-23(19,20)11-12)17(9-13-3-1-6-21-13)10-14-4-2-7-22-14/h1-4,6-7,12H,5,8-11H2,(H,16,18)/t12-/m1/s1. The second kappa shape index (κ2) is 6.49. The van der Waals surface area contributed by atoms with Crippen molar-refractivity contribution >= 4 is 15.9 Å². The maximum Gasteiger partial charge on any atom is 0.318 e. The van der Waals surface area contributed by atoms with Crippen LogP contribution in [-0.2, 0) is 22.9 Å². The summed E-state index contributed by atoms with van der Waals surface area (Å²) in [5.41, 5.74) is 0. The summed E-state index contributed by atoms with van der Waals surface area (Å²) in [4.78, 5) is 14.0. The fraction of sp³-hybridized carbons (Fsp3) is 0.400. The molecule has 0 radical (unpaired) electrons. The summed E-state index contributed by atoms with van der Waals surface area (Å²) in [6.45, 7) is 0.554. The van der Waals surface area contributed by atoms with Gasteiger partial charge >= 0.3 is 6.03 Å². The minimum Gasteiger partial charge on any atom is -0.467 e. The third-order valence-electron chi connectivity index (χ3n) is 3.70. The summed E-state index contributed by atoms with van der Waals surface area (Å²) in [5, 5.41) is 2.78. The van der Waals surface area contributed by atoms with E-state index in [2.05, 4.69) is 5.32 Å². The van der Waals surface area contributed by atoms with Crippen molar-refractivity contribution in [2.45, 2.75) is 25.6 Å². The molecular weight excluding hydrogens is 320 g/mol. The van der Waals surface area contributed by atoms with E-state index in [0.717, 1.165) is 0 Å². The first-order valence-electron chi connectivity index (χ1n) is 7.32. The Morgan fingerprint density at radius 3 is 2.22 bits per heavy atom. The highest BCUT2D eigenvalue weighted by Crippen LogP contribution is 2.14. The van der Waals surface area contributed by atoms with Crippen LogP contribution in [0.2, 0.25) is 0 Å². The van der Waals surface area contributed by atoms with Crippen molar-refractivity contribution in [2.24, 2.45) is 0 Å². The first kappa shape index (κ1) is 15.7. The summed E-state index contributed by atoms with van der Waals surface area (Å²) in [6.07, 6.45) is 3.53. The minimum atomic E-state index is -3.04. The van der Waals surface area contributed by atoms with E-state index in [0.29, 0.717) is 17.9 Å². The smallest absolute Gasteiger partial charge is 0.318 e. The monoisotopic (exact) mass is 338 g/mol. The van der Waals surface area contributed by atoms with Crippen LogP contribution >= 0.6 is 0 Å². The zero-order valence-corrected chi connectivity index (χ0v) is 13.3. The second-order valence-corrected chi connectivity index (χ2v) is 7.79. The molecule has 1 saturated heterocycles. The normalized spacial score (nSPS) is 19.6. The van der Waals surface area contributed by atoms with Crippen LogP contribution in [0.5, 0.6) is 0 Å². The topological polar surface area (TPSA) is 92.8 Å². The number of furan rings is 2. The Morgan fingerprint density at radius 1 is 1.17 bits per heavy atom. The number of amides is 2. The zero-order valence-electron chi connectivity index (χ0n) is 12.5. The van der Waals surface area contributed by atoms with E-state index in [1.807, 2.05) is 0 Å².